The summed E-state index contributed by atoms with van der Waals surface area (Å²) in [6, 6.07) is 4.25. The maximum atomic E-state index is 12.4. The maximum Gasteiger partial charge on any atom is 0.308 e. The SMILES string of the molecule is CC(=O)Oc1ccc2c3c1O[C@H]1CCC[C@@]4(O)[C@@H](C2)[N@@+](C)(CC2CC2)CC[C@]314. The highest BCUT2D eigenvalue weighted by molar-refractivity contribution is 5.72. The second kappa shape index (κ2) is 5.31. The van der Waals surface area contributed by atoms with Crippen molar-refractivity contribution in [2.45, 2.75) is 75.0 Å². The Bertz CT molecular complexity index is 880. The summed E-state index contributed by atoms with van der Waals surface area (Å²) in [6.07, 6.45) is 7.35. The molecule has 6 rings (SSSR count). The fraction of sp³-hybridized carbons (Fsp3) is 0.696. The van der Waals surface area contributed by atoms with Crippen LogP contribution in [0.15, 0.2) is 12.1 Å². The van der Waals surface area contributed by atoms with Crippen molar-refractivity contribution in [3.05, 3.63) is 23.3 Å². The van der Waals surface area contributed by atoms with Crippen LogP contribution in [0.4, 0.5) is 0 Å². The largest absolute Gasteiger partial charge is 0.485 e. The van der Waals surface area contributed by atoms with Crippen LogP contribution in [0.5, 0.6) is 11.5 Å². The maximum absolute atomic E-state index is 12.4. The summed E-state index contributed by atoms with van der Waals surface area (Å²) in [6.45, 7) is 3.72. The van der Waals surface area contributed by atoms with Crippen LogP contribution in [0.25, 0.3) is 0 Å². The number of hydrogen-bond donors (Lipinski definition) is 1. The third kappa shape index (κ3) is 1.97. The lowest BCUT2D eigenvalue weighted by molar-refractivity contribution is -0.950. The molecule has 2 aliphatic heterocycles. The monoisotopic (exact) mass is 384 g/mol. The lowest BCUT2D eigenvalue weighted by Crippen LogP contribution is -2.79. The van der Waals surface area contributed by atoms with Crippen LogP contribution in [0.3, 0.4) is 0 Å². The van der Waals surface area contributed by atoms with Crippen LogP contribution in [0.2, 0.25) is 0 Å². The van der Waals surface area contributed by atoms with Crippen molar-refractivity contribution in [2.24, 2.45) is 5.92 Å². The van der Waals surface area contributed by atoms with Crippen molar-refractivity contribution in [1.82, 2.24) is 0 Å². The molecule has 1 aromatic carbocycles. The van der Waals surface area contributed by atoms with E-state index in [1.807, 2.05) is 6.07 Å². The summed E-state index contributed by atoms with van der Waals surface area (Å²) in [5.74, 6) is 1.77. The summed E-state index contributed by atoms with van der Waals surface area (Å²) in [7, 11) is 2.38. The highest BCUT2D eigenvalue weighted by Crippen LogP contribution is 2.66. The first-order chi connectivity index (χ1) is 13.4. The van der Waals surface area contributed by atoms with Crippen LogP contribution in [-0.2, 0) is 16.6 Å². The highest BCUT2D eigenvalue weighted by atomic mass is 16.6. The number of carbonyl (C=O) groups is 1. The van der Waals surface area contributed by atoms with Gasteiger partial charge in [-0.3, -0.25) is 4.79 Å². The summed E-state index contributed by atoms with van der Waals surface area (Å²) in [5, 5.41) is 12.4. The zero-order valence-corrected chi connectivity index (χ0v) is 16.9. The molecule has 2 heterocycles. The zero-order chi connectivity index (χ0) is 19.3. The molecule has 1 N–H and O–H groups in total. The van der Waals surface area contributed by atoms with Crippen LogP contribution in [-0.4, -0.2) is 53.4 Å². The van der Waals surface area contributed by atoms with E-state index >= 15 is 0 Å². The fourth-order valence-corrected chi connectivity index (χ4v) is 7.38. The number of likely N-dealkylation sites (tertiary alicyclic amines) is 1. The van der Waals surface area contributed by atoms with Crippen molar-refractivity contribution < 1.29 is 23.9 Å². The molecule has 5 nitrogen and oxygen atoms in total. The molecule has 2 saturated carbocycles. The second-order valence-electron chi connectivity index (χ2n) is 10.2. The molecular weight excluding hydrogens is 354 g/mol. The molecule has 5 heteroatoms. The molecule has 3 aliphatic carbocycles. The van der Waals surface area contributed by atoms with E-state index in [0.29, 0.717) is 5.75 Å². The molecule has 150 valence electrons. The molecule has 2 bridgehead atoms. The van der Waals surface area contributed by atoms with E-state index in [9.17, 15) is 9.90 Å². The van der Waals surface area contributed by atoms with E-state index in [4.69, 9.17) is 9.47 Å². The molecule has 1 spiro atoms. The average Bonchev–Trinajstić information content (AvgIpc) is 3.36. The summed E-state index contributed by atoms with van der Waals surface area (Å²) < 4.78 is 13.0. The number of rotatable bonds is 3. The second-order valence-corrected chi connectivity index (χ2v) is 10.2. The van der Waals surface area contributed by atoms with Gasteiger partial charge in [0.15, 0.2) is 11.5 Å². The molecular formula is C23H30NO4+. The number of nitrogens with zero attached hydrogens (tertiary/aromatic N) is 1. The molecule has 0 unspecified atom stereocenters. The fourth-order valence-electron chi connectivity index (χ4n) is 7.38. The van der Waals surface area contributed by atoms with Gasteiger partial charge in [0.2, 0.25) is 0 Å². The lowest BCUT2D eigenvalue weighted by Gasteiger charge is -2.64. The molecule has 3 fully saturated rings. The Labute approximate surface area is 166 Å². The third-order valence-electron chi connectivity index (χ3n) is 8.62. The Balaban J connectivity index is 1.54. The van der Waals surface area contributed by atoms with E-state index in [2.05, 4.69) is 13.1 Å². The van der Waals surface area contributed by atoms with Crippen molar-refractivity contribution in [2.75, 3.05) is 20.1 Å². The van der Waals surface area contributed by atoms with Crippen molar-refractivity contribution in [3.63, 3.8) is 0 Å². The molecule has 1 aromatic rings. The summed E-state index contributed by atoms with van der Waals surface area (Å²) >= 11 is 0. The van der Waals surface area contributed by atoms with Gasteiger partial charge >= 0.3 is 5.97 Å². The van der Waals surface area contributed by atoms with E-state index in [1.54, 1.807) is 0 Å². The number of hydrogen-bond acceptors (Lipinski definition) is 4. The van der Waals surface area contributed by atoms with Gasteiger partial charge in [0, 0.05) is 31.2 Å². The van der Waals surface area contributed by atoms with Gasteiger partial charge in [-0.25, -0.2) is 0 Å². The quantitative estimate of drug-likeness (QED) is 0.495. The summed E-state index contributed by atoms with van der Waals surface area (Å²) in [4.78, 5) is 11.6. The predicted molar refractivity (Wildman–Crippen MR) is 103 cm³/mol. The highest BCUT2D eigenvalue weighted by Gasteiger charge is 2.74. The standard InChI is InChI=1S/C23H30NO4/c1-14(25)27-17-8-7-16-12-18-23(26)9-3-4-19-22(23,20(16)21(17)28-19)10-11-24(18,2)13-15-5-6-15/h7-8,15,18-19,26H,3-6,9-13H2,1-2H3/q+1/t18-,19+,22-,23-,24-/m1/s1. The first-order valence-corrected chi connectivity index (χ1v) is 11.0. The van der Waals surface area contributed by atoms with Gasteiger partial charge in [-0.15, -0.1) is 0 Å². The van der Waals surface area contributed by atoms with Gasteiger partial charge in [0.25, 0.3) is 0 Å². The Hall–Kier alpha value is -1.59. The Kier molecular flexibility index (Phi) is 3.28. The number of likely N-dealkylation sites (N-methyl/N-ethyl adjacent to an activating group) is 1. The Morgan fingerprint density at radius 2 is 2.14 bits per heavy atom. The van der Waals surface area contributed by atoms with Gasteiger partial charge in [0.05, 0.1) is 25.6 Å². The van der Waals surface area contributed by atoms with E-state index in [1.165, 1.54) is 31.9 Å². The number of piperidine rings is 1. The van der Waals surface area contributed by atoms with E-state index in [-0.39, 0.29) is 23.5 Å². The van der Waals surface area contributed by atoms with Gasteiger partial charge in [-0.1, -0.05) is 6.07 Å². The lowest BCUT2D eigenvalue weighted by atomic mass is 9.48. The van der Waals surface area contributed by atoms with E-state index < -0.39 is 5.60 Å². The molecule has 5 aliphatic rings. The molecule has 1 saturated heterocycles. The van der Waals surface area contributed by atoms with Gasteiger partial charge in [-0.2, -0.15) is 0 Å². The minimum atomic E-state index is -0.731. The minimum Gasteiger partial charge on any atom is -0.485 e. The number of benzene rings is 1. The van der Waals surface area contributed by atoms with Crippen LogP contribution >= 0.6 is 0 Å². The smallest absolute Gasteiger partial charge is 0.308 e. The molecule has 28 heavy (non-hydrogen) atoms. The molecule has 5 atom stereocenters. The first kappa shape index (κ1) is 17.3. The van der Waals surface area contributed by atoms with Crippen LogP contribution in [0, 0.1) is 5.92 Å². The van der Waals surface area contributed by atoms with Crippen molar-refractivity contribution in [3.8, 4) is 11.5 Å². The van der Waals surface area contributed by atoms with E-state index in [0.717, 1.165) is 60.4 Å². The topological polar surface area (TPSA) is 55.8 Å². The third-order valence-corrected chi connectivity index (χ3v) is 8.62. The number of esters is 1. The molecule has 0 amide bonds. The normalized spacial score (nSPS) is 42.5. The van der Waals surface area contributed by atoms with Gasteiger partial charge < -0.3 is 19.1 Å². The zero-order valence-electron chi connectivity index (χ0n) is 16.9. The predicted octanol–water partition coefficient (Wildman–Crippen LogP) is 2.71. The Morgan fingerprint density at radius 3 is 2.89 bits per heavy atom. The Morgan fingerprint density at radius 1 is 1.32 bits per heavy atom. The first-order valence-electron chi connectivity index (χ1n) is 11.0. The summed E-state index contributed by atoms with van der Waals surface area (Å²) in [5.41, 5.74) is 1.39. The van der Waals surface area contributed by atoms with Gasteiger partial charge in [-0.05, 0) is 43.7 Å². The average molecular weight is 384 g/mol. The molecule has 0 aromatic heterocycles. The van der Waals surface area contributed by atoms with Crippen molar-refractivity contribution >= 4 is 5.97 Å². The number of ether oxygens (including phenoxy) is 2. The number of carbonyl (C=O) groups excluding carboxylic acids is 1. The van der Waals surface area contributed by atoms with Crippen LogP contribution in [0.1, 0.15) is 56.6 Å². The minimum absolute atomic E-state index is 0.00539. The van der Waals surface area contributed by atoms with Crippen molar-refractivity contribution in [1.29, 1.82) is 0 Å². The number of quaternary nitrogens is 1. The van der Waals surface area contributed by atoms with Crippen LogP contribution < -0.4 is 9.47 Å². The van der Waals surface area contributed by atoms with Gasteiger partial charge in [0.1, 0.15) is 17.7 Å². The molecule has 0 radical (unpaired) electrons. The number of aliphatic hydroxyl groups is 1.